The number of nitrogens with one attached hydrogen (secondary N) is 2. The minimum absolute atomic E-state index is 0.0820. The number of aromatic nitrogens is 1. The summed E-state index contributed by atoms with van der Waals surface area (Å²) < 4.78 is 28.3. The van der Waals surface area contributed by atoms with Gasteiger partial charge in [-0.25, -0.2) is 8.42 Å². The van der Waals surface area contributed by atoms with Gasteiger partial charge >= 0.3 is 0 Å². The molecule has 1 saturated heterocycles. The predicted octanol–water partition coefficient (Wildman–Crippen LogP) is 0.277. The van der Waals surface area contributed by atoms with Gasteiger partial charge in [-0.15, -0.1) is 0 Å². The van der Waals surface area contributed by atoms with Gasteiger partial charge in [-0.05, 0) is 43.2 Å². The van der Waals surface area contributed by atoms with E-state index < -0.39 is 27.7 Å². The lowest BCUT2D eigenvalue weighted by Crippen LogP contribution is -2.33. The molecule has 160 valence electrons. The lowest BCUT2D eigenvalue weighted by Gasteiger charge is -2.13. The highest BCUT2D eigenvalue weighted by Crippen LogP contribution is 2.23. The van der Waals surface area contributed by atoms with Gasteiger partial charge in [-0.3, -0.25) is 14.4 Å². The number of hydrogen-bond donors (Lipinski definition) is 3. The average Bonchev–Trinajstić information content (AvgIpc) is 3.37. The molecule has 3 rings (SSSR count). The molecular formula is C19H23N5O5S. The van der Waals surface area contributed by atoms with Crippen molar-refractivity contribution in [1.82, 2.24) is 14.2 Å². The van der Waals surface area contributed by atoms with Gasteiger partial charge in [0.2, 0.25) is 15.9 Å². The Morgan fingerprint density at radius 2 is 1.70 bits per heavy atom. The Hall–Kier alpha value is -3.18. The summed E-state index contributed by atoms with van der Waals surface area (Å²) in [5.41, 5.74) is 5.90. The van der Waals surface area contributed by atoms with Crippen LogP contribution in [0.4, 0.5) is 5.69 Å². The van der Waals surface area contributed by atoms with E-state index in [2.05, 4.69) is 10.6 Å². The van der Waals surface area contributed by atoms with Crippen LogP contribution in [0.3, 0.4) is 0 Å². The Balaban J connectivity index is 1.70. The van der Waals surface area contributed by atoms with Crippen molar-refractivity contribution in [1.29, 1.82) is 0 Å². The summed E-state index contributed by atoms with van der Waals surface area (Å²) in [7, 11) is -2.02. The summed E-state index contributed by atoms with van der Waals surface area (Å²) in [6, 6.07) is 7.39. The standard InChI is InChI=1S/C19H23N5O5S/c1-23-12-15(30(28,29)24-8-2-3-9-24)10-16(23)19(27)22-14-6-4-13(5-7-14)18(26)21-11-17(20)25/h4-7,10,12H,2-3,8-9,11H2,1H3,(H2,20,25)(H,21,26)(H,22,27). The molecule has 0 radical (unpaired) electrons. The van der Waals surface area contributed by atoms with Crippen molar-refractivity contribution in [2.75, 3.05) is 25.0 Å². The molecule has 2 heterocycles. The molecule has 0 saturated carbocycles. The number of anilines is 1. The summed E-state index contributed by atoms with van der Waals surface area (Å²) in [6.07, 6.45) is 3.08. The summed E-state index contributed by atoms with van der Waals surface area (Å²) in [6.45, 7) is 0.698. The van der Waals surface area contributed by atoms with Crippen LogP contribution >= 0.6 is 0 Å². The first-order valence-electron chi connectivity index (χ1n) is 9.33. The third-order valence-electron chi connectivity index (χ3n) is 4.74. The van der Waals surface area contributed by atoms with E-state index in [0.29, 0.717) is 24.3 Å². The number of carbonyl (C=O) groups excluding carboxylic acids is 3. The maximum atomic E-state index is 12.7. The maximum absolute atomic E-state index is 12.7. The second-order valence-corrected chi connectivity index (χ2v) is 8.90. The number of sulfonamides is 1. The quantitative estimate of drug-likeness (QED) is 0.574. The molecule has 1 aliphatic rings. The van der Waals surface area contributed by atoms with Crippen molar-refractivity contribution >= 4 is 33.4 Å². The minimum atomic E-state index is -3.62. The van der Waals surface area contributed by atoms with Crippen molar-refractivity contribution in [3.05, 3.63) is 47.8 Å². The molecule has 4 N–H and O–H groups in total. The molecule has 1 fully saturated rings. The molecule has 0 atom stereocenters. The monoisotopic (exact) mass is 433 g/mol. The molecule has 0 unspecified atom stereocenters. The molecule has 10 nitrogen and oxygen atoms in total. The largest absolute Gasteiger partial charge is 0.368 e. The second kappa shape index (κ2) is 8.67. The molecule has 1 aliphatic heterocycles. The van der Waals surface area contributed by atoms with Crippen LogP contribution in [0.15, 0.2) is 41.4 Å². The summed E-state index contributed by atoms with van der Waals surface area (Å²) in [5, 5.41) is 5.04. The molecule has 30 heavy (non-hydrogen) atoms. The minimum Gasteiger partial charge on any atom is -0.368 e. The van der Waals surface area contributed by atoms with Gasteiger partial charge in [0.05, 0.1) is 6.54 Å². The molecule has 1 aromatic carbocycles. The highest BCUT2D eigenvalue weighted by atomic mass is 32.2. The zero-order chi connectivity index (χ0) is 21.9. The van der Waals surface area contributed by atoms with E-state index in [4.69, 9.17) is 5.73 Å². The summed E-state index contributed by atoms with van der Waals surface area (Å²) in [5.74, 6) is -1.60. The summed E-state index contributed by atoms with van der Waals surface area (Å²) >= 11 is 0. The fourth-order valence-electron chi connectivity index (χ4n) is 3.15. The van der Waals surface area contributed by atoms with Crippen LogP contribution < -0.4 is 16.4 Å². The zero-order valence-corrected chi connectivity index (χ0v) is 17.2. The van der Waals surface area contributed by atoms with E-state index in [1.54, 1.807) is 7.05 Å². The van der Waals surface area contributed by atoms with E-state index >= 15 is 0 Å². The highest BCUT2D eigenvalue weighted by Gasteiger charge is 2.29. The van der Waals surface area contributed by atoms with E-state index in [0.717, 1.165) is 12.8 Å². The van der Waals surface area contributed by atoms with Crippen LogP contribution in [0.5, 0.6) is 0 Å². The lowest BCUT2D eigenvalue weighted by atomic mass is 10.2. The summed E-state index contributed by atoms with van der Waals surface area (Å²) in [4.78, 5) is 35.3. The third-order valence-corrected chi connectivity index (χ3v) is 6.61. The van der Waals surface area contributed by atoms with Gasteiger partial charge in [0, 0.05) is 37.6 Å². The van der Waals surface area contributed by atoms with E-state index in [9.17, 15) is 22.8 Å². The normalized spacial score (nSPS) is 14.4. The van der Waals surface area contributed by atoms with Crippen molar-refractivity contribution < 1.29 is 22.8 Å². The number of rotatable bonds is 7. The molecule has 3 amide bonds. The predicted molar refractivity (Wildman–Crippen MR) is 109 cm³/mol. The Morgan fingerprint density at radius 1 is 1.07 bits per heavy atom. The Morgan fingerprint density at radius 3 is 2.30 bits per heavy atom. The Labute approximate surface area is 174 Å². The Kier molecular flexibility index (Phi) is 6.22. The Bertz CT molecular complexity index is 1070. The number of amides is 3. The van der Waals surface area contributed by atoms with Crippen LogP contribution in [0.2, 0.25) is 0 Å². The topological polar surface area (TPSA) is 144 Å². The third kappa shape index (κ3) is 4.69. The maximum Gasteiger partial charge on any atom is 0.272 e. The fraction of sp³-hybridized carbons (Fsp3) is 0.316. The van der Waals surface area contributed by atoms with Crippen molar-refractivity contribution in [3.8, 4) is 0 Å². The SMILES string of the molecule is Cn1cc(S(=O)(=O)N2CCCC2)cc1C(=O)Nc1ccc(C(=O)NCC(N)=O)cc1. The smallest absolute Gasteiger partial charge is 0.272 e. The van der Waals surface area contributed by atoms with Crippen LogP contribution in [0.1, 0.15) is 33.7 Å². The van der Waals surface area contributed by atoms with Crippen molar-refractivity contribution in [2.45, 2.75) is 17.7 Å². The molecule has 0 bridgehead atoms. The average molecular weight is 433 g/mol. The molecule has 2 aromatic rings. The number of hydrogen-bond acceptors (Lipinski definition) is 5. The number of carbonyl (C=O) groups is 3. The van der Waals surface area contributed by atoms with Crippen LogP contribution in [-0.4, -0.2) is 54.6 Å². The van der Waals surface area contributed by atoms with Gasteiger partial charge in [0.25, 0.3) is 11.8 Å². The molecule has 0 aliphatic carbocycles. The molecule has 0 spiro atoms. The van der Waals surface area contributed by atoms with Crippen molar-refractivity contribution in [2.24, 2.45) is 12.8 Å². The van der Waals surface area contributed by atoms with Gasteiger partial charge in [0.15, 0.2) is 0 Å². The van der Waals surface area contributed by atoms with E-state index in [1.807, 2.05) is 0 Å². The van der Waals surface area contributed by atoms with E-state index in [1.165, 1.54) is 45.4 Å². The van der Waals surface area contributed by atoms with Crippen LogP contribution in [0.25, 0.3) is 0 Å². The van der Waals surface area contributed by atoms with E-state index in [-0.39, 0.29) is 17.1 Å². The van der Waals surface area contributed by atoms with Gasteiger partial charge < -0.3 is 20.9 Å². The number of nitrogens with zero attached hydrogens (tertiary/aromatic N) is 2. The zero-order valence-electron chi connectivity index (χ0n) is 16.4. The number of primary amides is 1. The van der Waals surface area contributed by atoms with Gasteiger partial charge in [-0.1, -0.05) is 0 Å². The molecular weight excluding hydrogens is 410 g/mol. The van der Waals surface area contributed by atoms with Crippen LogP contribution in [0, 0.1) is 0 Å². The number of aryl methyl sites for hydroxylation is 1. The van der Waals surface area contributed by atoms with Gasteiger partial charge in [-0.2, -0.15) is 4.31 Å². The van der Waals surface area contributed by atoms with Gasteiger partial charge in [0.1, 0.15) is 10.6 Å². The first kappa shape index (κ1) is 21.5. The lowest BCUT2D eigenvalue weighted by molar-refractivity contribution is -0.117. The first-order chi connectivity index (χ1) is 14.2. The molecule has 1 aromatic heterocycles. The molecule has 11 heteroatoms. The number of benzene rings is 1. The first-order valence-corrected chi connectivity index (χ1v) is 10.8. The van der Waals surface area contributed by atoms with Crippen molar-refractivity contribution in [3.63, 3.8) is 0 Å². The van der Waals surface area contributed by atoms with Crippen LogP contribution in [-0.2, 0) is 21.9 Å². The number of nitrogens with two attached hydrogens (primary N) is 1. The second-order valence-electron chi connectivity index (χ2n) is 6.96. The highest BCUT2D eigenvalue weighted by molar-refractivity contribution is 7.89. The fourth-order valence-corrected chi connectivity index (χ4v) is 4.74.